The van der Waals surface area contributed by atoms with Crippen LogP contribution in [-0.2, 0) is 18.1 Å². The highest BCUT2D eigenvalue weighted by Gasteiger charge is 2.47. The second-order valence-corrected chi connectivity index (χ2v) is 10.9. The molecule has 0 spiro atoms. The zero-order chi connectivity index (χ0) is 21.0. The summed E-state index contributed by atoms with van der Waals surface area (Å²) in [4.78, 5) is 0. The minimum atomic E-state index is -3.79. The van der Waals surface area contributed by atoms with Crippen molar-refractivity contribution in [2.24, 2.45) is 17.8 Å². The summed E-state index contributed by atoms with van der Waals surface area (Å²) in [6.45, 7) is 24.4. The van der Waals surface area contributed by atoms with Crippen LogP contribution in [0.4, 0.5) is 0 Å². The molecule has 0 rings (SSSR count). The molecule has 0 heterocycles. The fourth-order valence-electron chi connectivity index (χ4n) is 2.67. The minimum Gasteiger partial charge on any atom is -0.280 e. The summed E-state index contributed by atoms with van der Waals surface area (Å²) >= 11 is 0. The van der Waals surface area contributed by atoms with Crippen LogP contribution in [0.1, 0.15) is 102 Å². The number of phosphoric acid groups is 1. The third-order valence-corrected chi connectivity index (χ3v) is 8.52. The maximum atomic E-state index is 13.9. The Bertz CT molecular complexity index is 404. The summed E-state index contributed by atoms with van der Waals surface area (Å²) in [6, 6.07) is 0. The lowest BCUT2D eigenvalue weighted by atomic mass is 9.91. The minimum absolute atomic E-state index is 0.224. The fourth-order valence-corrected chi connectivity index (χ4v) is 5.05. The smallest absolute Gasteiger partial charge is 0.280 e. The average molecular weight is 393 g/mol. The van der Waals surface area contributed by atoms with Gasteiger partial charge in [-0.3, -0.25) is 13.6 Å². The highest BCUT2D eigenvalue weighted by Crippen LogP contribution is 2.60. The third kappa shape index (κ3) is 7.26. The van der Waals surface area contributed by atoms with Crippen LogP contribution in [0.25, 0.3) is 0 Å². The summed E-state index contributed by atoms with van der Waals surface area (Å²) in [7, 11) is -3.79. The van der Waals surface area contributed by atoms with E-state index >= 15 is 0 Å². The van der Waals surface area contributed by atoms with Gasteiger partial charge in [0.05, 0.1) is 16.8 Å². The Morgan fingerprint density at radius 1 is 0.615 bits per heavy atom. The van der Waals surface area contributed by atoms with E-state index in [0.29, 0.717) is 0 Å². The van der Waals surface area contributed by atoms with Gasteiger partial charge in [-0.2, -0.15) is 0 Å². The predicted octanol–water partition coefficient (Wildman–Crippen LogP) is 7.62. The molecule has 0 N–H and O–H groups in total. The van der Waals surface area contributed by atoms with Crippen molar-refractivity contribution in [3.8, 4) is 0 Å². The van der Waals surface area contributed by atoms with E-state index in [9.17, 15) is 4.57 Å². The van der Waals surface area contributed by atoms with Crippen LogP contribution in [0.15, 0.2) is 0 Å². The van der Waals surface area contributed by atoms with Gasteiger partial charge in [-0.05, 0) is 59.3 Å². The predicted molar refractivity (Wildman–Crippen MR) is 111 cm³/mol. The van der Waals surface area contributed by atoms with E-state index in [0.717, 1.165) is 19.3 Å². The normalized spacial score (nSPS) is 19.7. The van der Waals surface area contributed by atoms with Gasteiger partial charge in [0, 0.05) is 0 Å². The molecular weight excluding hydrogens is 347 g/mol. The van der Waals surface area contributed by atoms with Gasteiger partial charge in [0.25, 0.3) is 0 Å². The zero-order valence-electron chi connectivity index (χ0n) is 19.4. The van der Waals surface area contributed by atoms with E-state index in [1.165, 1.54) is 0 Å². The highest BCUT2D eigenvalue weighted by atomic mass is 31.2. The average Bonchev–Trinajstić information content (AvgIpc) is 2.49. The lowest BCUT2D eigenvalue weighted by Crippen LogP contribution is -2.39. The lowest BCUT2D eigenvalue weighted by Gasteiger charge is -2.42. The first kappa shape index (κ1) is 26.1. The summed E-state index contributed by atoms with van der Waals surface area (Å²) in [5, 5.41) is 0. The Hall–Kier alpha value is 0.110. The summed E-state index contributed by atoms with van der Waals surface area (Å²) < 4.78 is 32.3. The number of hydrogen-bond donors (Lipinski definition) is 0. The summed E-state index contributed by atoms with van der Waals surface area (Å²) in [6.07, 6.45) is 2.78. The Balaban J connectivity index is 5.84. The van der Waals surface area contributed by atoms with Crippen molar-refractivity contribution in [1.82, 2.24) is 0 Å². The number of hydrogen-bond acceptors (Lipinski definition) is 4. The van der Waals surface area contributed by atoms with Gasteiger partial charge in [0.1, 0.15) is 0 Å². The van der Waals surface area contributed by atoms with Crippen LogP contribution >= 0.6 is 7.82 Å². The van der Waals surface area contributed by atoms with Gasteiger partial charge in [-0.15, -0.1) is 0 Å². The van der Waals surface area contributed by atoms with E-state index < -0.39 is 24.6 Å². The Labute approximate surface area is 163 Å². The molecule has 0 amide bonds. The SMILES string of the molecule is CCC(C)C(C)(C)OP(=O)(OC(C)(C)C(C)CC)OC(C)(C)C(C)CC. The molecule has 5 heteroatoms. The van der Waals surface area contributed by atoms with E-state index in [1.807, 2.05) is 41.5 Å². The zero-order valence-corrected chi connectivity index (χ0v) is 20.3. The molecule has 0 aromatic carbocycles. The second kappa shape index (κ2) is 9.54. The van der Waals surface area contributed by atoms with Crippen LogP contribution in [0.2, 0.25) is 0 Å². The highest BCUT2D eigenvalue weighted by molar-refractivity contribution is 7.48. The topological polar surface area (TPSA) is 44.8 Å². The number of phosphoric ester groups is 1. The van der Waals surface area contributed by atoms with E-state index in [4.69, 9.17) is 13.6 Å². The standard InChI is InChI=1S/C21H45O4P/c1-13-16(4)19(7,8)23-26(22,24-20(9,10)17(5)14-2)25-21(11,12)18(6)15-3/h16-18H,13-15H2,1-12H3. The Kier molecular flexibility index (Phi) is 9.58. The molecule has 0 radical (unpaired) electrons. The molecule has 0 saturated carbocycles. The van der Waals surface area contributed by atoms with Crippen LogP contribution in [-0.4, -0.2) is 16.8 Å². The first-order valence-electron chi connectivity index (χ1n) is 10.3. The molecule has 0 aliphatic carbocycles. The van der Waals surface area contributed by atoms with Gasteiger partial charge in [-0.25, -0.2) is 4.57 Å². The van der Waals surface area contributed by atoms with E-state index in [2.05, 4.69) is 41.5 Å². The molecule has 3 unspecified atom stereocenters. The molecular formula is C21H45O4P. The molecule has 0 aliphatic rings. The largest absolute Gasteiger partial charge is 0.476 e. The monoisotopic (exact) mass is 392 g/mol. The van der Waals surface area contributed by atoms with Crippen molar-refractivity contribution in [3.63, 3.8) is 0 Å². The van der Waals surface area contributed by atoms with Crippen molar-refractivity contribution in [2.75, 3.05) is 0 Å². The van der Waals surface area contributed by atoms with Crippen molar-refractivity contribution in [3.05, 3.63) is 0 Å². The van der Waals surface area contributed by atoms with Crippen molar-refractivity contribution < 1.29 is 18.1 Å². The van der Waals surface area contributed by atoms with Crippen LogP contribution in [0.5, 0.6) is 0 Å². The van der Waals surface area contributed by atoms with Gasteiger partial charge in [0.15, 0.2) is 0 Å². The third-order valence-electron chi connectivity index (χ3n) is 6.44. The van der Waals surface area contributed by atoms with E-state index in [-0.39, 0.29) is 17.8 Å². The molecule has 158 valence electrons. The molecule has 3 atom stereocenters. The molecule has 0 aliphatic heterocycles. The second-order valence-electron chi connectivity index (χ2n) is 9.46. The first-order chi connectivity index (χ1) is 11.6. The quantitative estimate of drug-likeness (QED) is 0.320. The molecule has 0 bridgehead atoms. The summed E-state index contributed by atoms with van der Waals surface area (Å²) in [5.41, 5.74) is -1.83. The molecule has 0 fully saturated rings. The Morgan fingerprint density at radius 2 is 0.808 bits per heavy atom. The van der Waals surface area contributed by atoms with Gasteiger partial charge >= 0.3 is 7.82 Å². The van der Waals surface area contributed by atoms with Crippen LogP contribution < -0.4 is 0 Å². The maximum Gasteiger partial charge on any atom is 0.476 e. The van der Waals surface area contributed by atoms with Crippen molar-refractivity contribution >= 4 is 7.82 Å². The Morgan fingerprint density at radius 3 is 0.962 bits per heavy atom. The van der Waals surface area contributed by atoms with Crippen LogP contribution in [0, 0.1) is 17.8 Å². The van der Waals surface area contributed by atoms with Gasteiger partial charge in [0.2, 0.25) is 0 Å². The molecule has 0 aromatic rings. The van der Waals surface area contributed by atoms with Gasteiger partial charge < -0.3 is 0 Å². The fraction of sp³-hybridized carbons (Fsp3) is 1.00. The van der Waals surface area contributed by atoms with E-state index in [1.54, 1.807) is 0 Å². The lowest BCUT2D eigenvalue weighted by molar-refractivity contribution is -0.0790. The van der Waals surface area contributed by atoms with Gasteiger partial charge in [-0.1, -0.05) is 60.8 Å². The molecule has 4 nitrogen and oxygen atoms in total. The number of rotatable bonds is 12. The van der Waals surface area contributed by atoms with Crippen molar-refractivity contribution in [2.45, 2.75) is 119 Å². The van der Waals surface area contributed by atoms with Crippen LogP contribution in [0.3, 0.4) is 0 Å². The summed E-state index contributed by atoms with van der Waals surface area (Å²) in [5.74, 6) is 0.671. The molecule has 0 aromatic heterocycles. The maximum absolute atomic E-state index is 13.9. The molecule has 26 heavy (non-hydrogen) atoms. The van der Waals surface area contributed by atoms with Crippen molar-refractivity contribution in [1.29, 1.82) is 0 Å². The molecule has 0 saturated heterocycles. The first-order valence-corrected chi connectivity index (χ1v) is 11.7.